The Morgan fingerprint density at radius 2 is 2.05 bits per heavy atom. The standard InChI is InChI=1S/C17H32N2OS/c1-14-3-2-4-16(11-14)19-8-5-15(6-9-19)18-12-17(20)7-10-21-13-17/h14-16,18,20H,2-13H2,1H3. The summed E-state index contributed by atoms with van der Waals surface area (Å²) >= 11 is 1.89. The SMILES string of the molecule is CC1CCCC(N2CCC(NCC3(O)CCSC3)CC2)C1. The van der Waals surface area contributed by atoms with Crippen molar-refractivity contribution in [1.29, 1.82) is 0 Å². The second kappa shape index (κ2) is 7.20. The van der Waals surface area contributed by atoms with Gasteiger partial charge in [0.2, 0.25) is 0 Å². The molecule has 3 fully saturated rings. The van der Waals surface area contributed by atoms with Crippen LogP contribution in [0.25, 0.3) is 0 Å². The average Bonchev–Trinajstić information content (AvgIpc) is 2.93. The zero-order valence-electron chi connectivity index (χ0n) is 13.5. The molecule has 2 saturated heterocycles. The molecule has 0 aromatic heterocycles. The first-order valence-electron chi connectivity index (χ1n) is 8.92. The van der Waals surface area contributed by atoms with Gasteiger partial charge in [-0.25, -0.2) is 0 Å². The van der Waals surface area contributed by atoms with E-state index in [0.29, 0.717) is 6.04 Å². The molecule has 2 heterocycles. The highest BCUT2D eigenvalue weighted by molar-refractivity contribution is 7.99. The predicted molar refractivity (Wildman–Crippen MR) is 90.9 cm³/mol. The van der Waals surface area contributed by atoms with Crippen molar-refractivity contribution in [2.75, 3.05) is 31.1 Å². The van der Waals surface area contributed by atoms with Gasteiger partial charge in [0.15, 0.2) is 0 Å². The van der Waals surface area contributed by atoms with Crippen LogP contribution in [0.15, 0.2) is 0 Å². The van der Waals surface area contributed by atoms with Crippen LogP contribution in [-0.4, -0.2) is 58.8 Å². The van der Waals surface area contributed by atoms with E-state index in [4.69, 9.17) is 0 Å². The van der Waals surface area contributed by atoms with E-state index in [0.717, 1.165) is 36.4 Å². The summed E-state index contributed by atoms with van der Waals surface area (Å²) in [6, 6.07) is 1.47. The highest BCUT2D eigenvalue weighted by Crippen LogP contribution is 2.30. The molecular weight excluding hydrogens is 280 g/mol. The molecule has 3 rings (SSSR count). The normalized spacial score (nSPS) is 39.7. The Hall–Kier alpha value is 0.230. The van der Waals surface area contributed by atoms with Crippen molar-refractivity contribution >= 4 is 11.8 Å². The van der Waals surface area contributed by atoms with Crippen LogP contribution in [0.5, 0.6) is 0 Å². The van der Waals surface area contributed by atoms with E-state index in [-0.39, 0.29) is 0 Å². The molecule has 4 heteroatoms. The highest BCUT2D eigenvalue weighted by Gasteiger charge is 2.33. The fourth-order valence-electron chi connectivity index (χ4n) is 4.27. The number of likely N-dealkylation sites (tertiary alicyclic amines) is 1. The lowest BCUT2D eigenvalue weighted by Crippen LogP contribution is -2.51. The first kappa shape index (κ1) is 16.1. The summed E-state index contributed by atoms with van der Waals surface area (Å²) in [4.78, 5) is 2.74. The van der Waals surface area contributed by atoms with Crippen molar-refractivity contribution < 1.29 is 5.11 Å². The Bertz CT molecular complexity index is 325. The number of hydrogen-bond acceptors (Lipinski definition) is 4. The van der Waals surface area contributed by atoms with Gasteiger partial charge in [-0.1, -0.05) is 19.8 Å². The van der Waals surface area contributed by atoms with E-state index in [1.165, 1.54) is 51.6 Å². The summed E-state index contributed by atoms with van der Waals surface area (Å²) in [7, 11) is 0. The molecular formula is C17H32N2OS. The Morgan fingerprint density at radius 3 is 2.71 bits per heavy atom. The lowest BCUT2D eigenvalue weighted by Gasteiger charge is -2.41. The van der Waals surface area contributed by atoms with E-state index in [1.54, 1.807) is 0 Å². The van der Waals surface area contributed by atoms with Crippen LogP contribution in [0, 0.1) is 5.92 Å². The molecule has 21 heavy (non-hydrogen) atoms. The Kier molecular flexibility index (Phi) is 5.52. The Balaban J connectivity index is 1.38. The molecule has 2 aliphatic heterocycles. The number of hydrogen-bond donors (Lipinski definition) is 2. The van der Waals surface area contributed by atoms with Gasteiger partial charge in [-0.3, -0.25) is 0 Å². The molecule has 0 amide bonds. The van der Waals surface area contributed by atoms with Gasteiger partial charge in [-0.15, -0.1) is 0 Å². The summed E-state index contributed by atoms with van der Waals surface area (Å²) in [6.07, 6.45) is 9.17. The van der Waals surface area contributed by atoms with Gasteiger partial charge < -0.3 is 15.3 Å². The second-order valence-electron chi connectivity index (χ2n) is 7.64. The van der Waals surface area contributed by atoms with Gasteiger partial charge in [0.1, 0.15) is 0 Å². The minimum Gasteiger partial charge on any atom is -0.388 e. The van der Waals surface area contributed by atoms with E-state index < -0.39 is 5.60 Å². The van der Waals surface area contributed by atoms with Crippen molar-refractivity contribution in [3.05, 3.63) is 0 Å². The number of aliphatic hydroxyl groups is 1. The number of rotatable bonds is 4. The van der Waals surface area contributed by atoms with Gasteiger partial charge in [-0.05, 0) is 56.9 Å². The minimum absolute atomic E-state index is 0.430. The molecule has 0 aromatic carbocycles. The molecule has 0 bridgehead atoms. The van der Waals surface area contributed by atoms with Crippen LogP contribution in [0.3, 0.4) is 0 Å². The molecule has 3 aliphatic rings. The number of nitrogens with one attached hydrogen (secondary N) is 1. The van der Waals surface area contributed by atoms with Crippen LogP contribution in [0.4, 0.5) is 0 Å². The zero-order valence-corrected chi connectivity index (χ0v) is 14.3. The summed E-state index contributed by atoms with van der Waals surface area (Å²) in [5.41, 5.74) is -0.430. The van der Waals surface area contributed by atoms with E-state index in [2.05, 4.69) is 17.1 Å². The van der Waals surface area contributed by atoms with Crippen LogP contribution >= 0.6 is 11.8 Å². The fourth-order valence-corrected chi connectivity index (χ4v) is 5.57. The third-order valence-corrected chi connectivity index (χ3v) is 6.99. The van der Waals surface area contributed by atoms with E-state index in [9.17, 15) is 5.11 Å². The predicted octanol–water partition coefficient (Wildman–Crippen LogP) is 2.49. The monoisotopic (exact) mass is 312 g/mol. The van der Waals surface area contributed by atoms with Crippen LogP contribution in [0.2, 0.25) is 0 Å². The molecule has 0 aromatic rings. The lowest BCUT2D eigenvalue weighted by atomic mass is 9.85. The maximum atomic E-state index is 10.4. The van der Waals surface area contributed by atoms with Gasteiger partial charge >= 0.3 is 0 Å². The van der Waals surface area contributed by atoms with Crippen LogP contribution in [-0.2, 0) is 0 Å². The minimum atomic E-state index is -0.430. The number of piperidine rings is 1. The zero-order chi connectivity index (χ0) is 14.7. The summed E-state index contributed by atoms with van der Waals surface area (Å²) in [5, 5.41) is 14.1. The van der Waals surface area contributed by atoms with Crippen molar-refractivity contribution in [2.24, 2.45) is 5.92 Å². The van der Waals surface area contributed by atoms with Crippen molar-refractivity contribution in [3.63, 3.8) is 0 Å². The second-order valence-corrected chi connectivity index (χ2v) is 8.75. The Labute approximate surface area is 134 Å². The molecule has 3 nitrogen and oxygen atoms in total. The molecule has 0 spiro atoms. The first-order chi connectivity index (χ1) is 10.1. The molecule has 1 saturated carbocycles. The quantitative estimate of drug-likeness (QED) is 0.836. The van der Waals surface area contributed by atoms with Crippen LogP contribution in [0.1, 0.15) is 51.9 Å². The molecule has 3 unspecified atom stereocenters. The van der Waals surface area contributed by atoms with Crippen molar-refractivity contribution in [2.45, 2.75) is 69.6 Å². The van der Waals surface area contributed by atoms with Gasteiger partial charge in [0.05, 0.1) is 5.60 Å². The van der Waals surface area contributed by atoms with Crippen molar-refractivity contribution in [1.82, 2.24) is 10.2 Å². The molecule has 1 aliphatic carbocycles. The number of nitrogens with zero attached hydrogens (tertiary/aromatic N) is 1. The molecule has 122 valence electrons. The maximum Gasteiger partial charge on any atom is 0.0869 e. The lowest BCUT2D eigenvalue weighted by molar-refractivity contribution is 0.0553. The molecule has 0 radical (unpaired) electrons. The largest absolute Gasteiger partial charge is 0.388 e. The summed E-state index contributed by atoms with van der Waals surface area (Å²) in [6.45, 7) is 5.72. The molecule has 2 N–H and O–H groups in total. The van der Waals surface area contributed by atoms with Crippen molar-refractivity contribution in [3.8, 4) is 0 Å². The average molecular weight is 313 g/mol. The molecule has 3 atom stereocenters. The summed E-state index contributed by atoms with van der Waals surface area (Å²) < 4.78 is 0. The summed E-state index contributed by atoms with van der Waals surface area (Å²) in [5.74, 6) is 2.96. The fraction of sp³-hybridized carbons (Fsp3) is 1.00. The maximum absolute atomic E-state index is 10.4. The number of thioether (sulfide) groups is 1. The third kappa shape index (κ3) is 4.37. The topological polar surface area (TPSA) is 35.5 Å². The van der Waals surface area contributed by atoms with Gasteiger partial charge in [0.25, 0.3) is 0 Å². The Morgan fingerprint density at radius 1 is 1.24 bits per heavy atom. The highest BCUT2D eigenvalue weighted by atomic mass is 32.2. The van der Waals surface area contributed by atoms with Gasteiger partial charge in [0, 0.05) is 24.4 Å². The van der Waals surface area contributed by atoms with Crippen LogP contribution < -0.4 is 5.32 Å². The third-order valence-electron chi connectivity index (χ3n) is 5.76. The van der Waals surface area contributed by atoms with E-state index >= 15 is 0 Å². The smallest absolute Gasteiger partial charge is 0.0869 e. The van der Waals surface area contributed by atoms with E-state index in [1.807, 2.05) is 11.8 Å². The first-order valence-corrected chi connectivity index (χ1v) is 10.1. The van der Waals surface area contributed by atoms with Gasteiger partial charge in [-0.2, -0.15) is 11.8 Å².